The lowest BCUT2D eigenvalue weighted by Gasteiger charge is -2.29. The van der Waals surface area contributed by atoms with Gasteiger partial charge in [-0.25, -0.2) is 8.42 Å². The number of fused-ring (bicyclic) bond motifs is 1. The minimum absolute atomic E-state index is 0.0321. The number of ether oxygens (including phenoxy) is 1. The van der Waals surface area contributed by atoms with Crippen LogP contribution in [0.2, 0.25) is 0 Å². The predicted octanol–water partition coefficient (Wildman–Crippen LogP) is 0.697. The van der Waals surface area contributed by atoms with Crippen LogP contribution in [0.25, 0.3) is 0 Å². The Hall–Kier alpha value is -2.13. The van der Waals surface area contributed by atoms with Crippen LogP contribution in [0.15, 0.2) is 23.1 Å². The highest BCUT2D eigenvalue weighted by molar-refractivity contribution is 7.89. The van der Waals surface area contributed by atoms with Gasteiger partial charge < -0.3 is 15.0 Å². The van der Waals surface area contributed by atoms with E-state index in [2.05, 4.69) is 10.0 Å². The van der Waals surface area contributed by atoms with Gasteiger partial charge >= 0.3 is 0 Å². The van der Waals surface area contributed by atoms with Gasteiger partial charge in [-0.2, -0.15) is 4.72 Å². The number of rotatable bonds is 4. The summed E-state index contributed by atoms with van der Waals surface area (Å²) in [5.41, 5.74) is 0.300. The number of amides is 2. The molecule has 25 heavy (non-hydrogen) atoms. The number of piperidine rings is 1. The Balaban J connectivity index is 1.74. The van der Waals surface area contributed by atoms with E-state index in [9.17, 15) is 18.0 Å². The fraction of sp³-hybridized carbons (Fsp3) is 0.500. The molecule has 136 valence electrons. The Kier molecular flexibility index (Phi) is 4.96. The van der Waals surface area contributed by atoms with Gasteiger partial charge in [-0.1, -0.05) is 0 Å². The molecule has 0 saturated carbocycles. The number of carbonyl (C=O) groups is 2. The monoisotopic (exact) mass is 367 g/mol. The van der Waals surface area contributed by atoms with Gasteiger partial charge in [0.1, 0.15) is 5.75 Å². The number of carbonyl (C=O) groups excluding carboxylic acids is 2. The van der Waals surface area contributed by atoms with Gasteiger partial charge in [-0.3, -0.25) is 9.59 Å². The first kappa shape index (κ1) is 17.7. The van der Waals surface area contributed by atoms with E-state index in [0.717, 1.165) is 19.3 Å². The van der Waals surface area contributed by atoms with E-state index >= 15 is 0 Å². The number of anilines is 1. The highest BCUT2D eigenvalue weighted by atomic mass is 32.2. The molecule has 2 amide bonds. The van der Waals surface area contributed by atoms with Crippen LogP contribution in [0.3, 0.4) is 0 Å². The van der Waals surface area contributed by atoms with Crippen molar-refractivity contribution in [3.63, 3.8) is 0 Å². The van der Waals surface area contributed by atoms with Crippen molar-refractivity contribution in [2.45, 2.75) is 37.1 Å². The van der Waals surface area contributed by atoms with E-state index in [4.69, 9.17) is 4.74 Å². The maximum Gasteiger partial charge on any atom is 0.262 e. The Morgan fingerprint density at radius 2 is 2.00 bits per heavy atom. The number of sulfonamides is 1. The molecule has 1 atom stereocenters. The van der Waals surface area contributed by atoms with Crippen molar-refractivity contribution in [3.05, 3.63) is 18.2 Å². The lowest BCUT2D eigenvalue weighted by Crippen LogP contribution is -2.48. The van der Waals surface area contributed by atoms with Crippen LogP contribution in [0.5, 0.6) is 5.75 Å². The molecule has 2 N–H and O–H groups in total. The highest BCUT2D eigenvalue weighted by Gasteiger charge is 2.27. The maximum absolute atomic E-state index is 12.6. The fourth-order valence-electron chi connectivity index (χ4n) is 2.97. The van der Waals surface area contributed by atoms with E-state index in [1.54, 1.807) is 4.90 Å². The summed E-state index contributed by atoms with van der Waals surface area (Å²) in [5.74, 6) is -0.155. The van der Waals surface area contributed by atoms with Crippen LogP contribution in [0.1, 0.15) is 26.2 Å². The zero-order valence-electron chi connectivity index (χ0n) is 13.9. The molecule has 3 rings (SSSR count). The molecule has 2 heterocycles. The van der Waals surface area contributed by atoms with Crippen LogP contribution in [-0.2, 0) is 19.6 Å². The van der Waals surface area contributed by atoms with Crippen molar-refractivity contribution >= 4 is 27.5 Å². The van der Waals surface area contributed by atoms with Crippen LogP contribution < -0.4 is 14.8 Å². The van der Waals surface area contributed by atoms with Crippen molar-refractivity contribution in [2.75, 3.05) is 25.0 Å². The first-order valence-electron chi connectivity index (χ1n) is 8.24. The second kappa shape index (κ2) is 7.01. The molecule has 8 nitrogen and oxygen atoms in total. The average molecular weight is 367 g/mol. The summed E-state index contributed by atoms with van der Waals surface area (Å²) in [6.45, 7) is 2.76. The third kappa shape index (κ3) is 3.93. The summed E-state index contributed by atoms with van der Waals surface area (Å²) in [7, 11) is -3.90. The summed E-state index contributed by atoms with van der Waals surface area (Å²) in [4.78, 5) is 25.4. The average Bonchev–Trinajstić information content (AvgIpc) is 2.60. The molecular formula is C16H21N3O5S. The van der Waals surface area contributed by atoms with Gasteiger partial charge in [0.2, 0.25) is 15.9 Å². The zero-order chi connectivity index (χ0) is 18.0. The summed E-state index contributed by atoms with van der Waals surface area (Å²) < 4.78 is 32.8. The topological polar surface area (TPSA) is 105 Å². The van der Waals surface area contributed by atoms with Crippen LogP contribution in [-0.4, -0.2) is 50.9 Å². The van der Waals surface area contributed by atoms with Crippen LogP contribution in [0, 0.1) is 0 Å². The number of nitrogens with one attached hydrogen (secondary N) is 2. The summed E-state index contributed by atoms with van der Waals surface area (Å²) in [6, 6.07) is 3.34. The van der Waals surface area contributed by atoms with Crippen LogP contribution >= 0.6 is 0 Å². The molecule has 0 bridgehead atoms. The molecule has 1 aromatic carbocycles. The summed E-state index contributed by atoms with van der Waals surface area (Å²) in [6.07, 6.45) is 2.97. The van der Waals surface area contributed by atoms with Crippen molar-refractivity contribution < 1.29 is 22.7 Å². The molecule has 0 unspecified atom stereocenters. The summed E-state index contributed by atoms with van der Waals surface area (Å²) >= 11 is 0. The van der Waals surface area contributed by atoms with Gasteiger partial charge in [0.25, 0.3) is 5.91 Å². The Morgan fingerprint density at radius 1 is 1.28 bits per heavy atom. The van der Waals surface area contributed by atoms with E-state index in [0.29, 0.717) is 24.5 Å². The first-order valence-corrected chi connectivity index (χ1v) is 9.73. The van der Waals surface area contributed by atoms with Crippen molar-refractivity contribution in [1.29, 1.82) is 0 Å². The smallest absolute Gasteiger partial charge is 0.262 e. The third-order valence-electron chi connectivity index (χ3n) is 4.26. The lowest BCUT2D eigenvalue weighted by atomic mass is 10.1. The Morgan fingerprint density at radius 3 is 2.72 bits per heavy atom. The Labute approximate surface area is 146 Å². The maximum atomic E-state index is 12.6. The number of likely N-dealkylation sites (tertiary alicyclic amines) is 1. The fourth-order valence-corrected chi connectivity index (χ4v) is 4.19. The molecule has 0 spiro atoms. The van der Waals surface area contributed by atoms with Gasteiger partial charge in [-0.05, 0) is 44.4 Å². The SMILES string of the molecule is C[C@@H](NS(=O)(=O)c1ccc2c(c1)NC(=O)CO2)C(=O)N1CCCCC1. The second-order valence-corrected chi connectivity index (χ2v) is 7.94. The molecule has 1 saturated heterocycles. The van der Waals surface area contributed by atoms with E-state index in [-0.39, 0.29) is 23.3 Å². The van der Waals surface area contributed by atoms with Gasteiger partial charge in [-0.15, -0.1) is 0 Å². The number of benzene rings is 1. The molecule has 2 aliphatic heterocycles. The molecule has 0 aromatic heterocycles. The van der Waals surface area contributed by atoms with E-state index in [1.165, 1.54) is 25.1 Å². The standard InChI is InChI=1S/C16H21N3O5S/c1-11(16(21)19-7-3-2-4-8-19)18-25(22,23)12-5-6-14-13(9-12)17-15(20)10-24-14/h5-6,9,11,18H,2-4,7-8,10H2,1H3,(H,17,20)/t11-/m1/s1. The molecule has 2 aliphatic rings. The largest absolute Gasteiger partial charge is 0.482 e. The van der Waals surface area contributed by atoms with Gasteiger partial charge in [0, 0.05) is 13.1 Å². The second-order valence-electron chi connectivity index (χ2n) is 6.22. The van der Waals surface area contributed by atoms with Crippen molar-refractivity contribution in [3.8, 4) is 5.75 Å². The Bertz CT molecular complexity index is 787. The number of nitrogens with zero attached hydrogens (tertiary/aromatic N) is 1. The molecule has 0 aliphatic carbocycles. The highest BCUT2D eigenvalue weighted by Crippen LogP contribution is 2.30. The molecule has 0 radical (unpaired) electrons. The minimum Gasteiger partial charge on any atom is -0.482 e. The molecule has 9 heteroatoms. The molecule has 1 aromatic rings. The van der Waals surface area contributed by atoms with Crippen LogP contribution in [0.4, 0.5) is 5.69 Å². The normalized spacial score (nSPS) is 18.8. The first-order chi connectivity index (χ1) is 11.9. The number of hydrogen-bond acceptors (Lipinski definition) is 5. The molecular weight excluding hydrogens is 346 g/mol. The lowest BCUT2D eigenvalue weighted by molar-refractivity contribution is -0.133. The van der Waals surface area contributed by atoms with Crippen molar-refractivity contribution in [2.24, 2.45) is 0 Å². The minimum atomic E-state index is -3.90. The number of hydrogen-bond donors (Lipinski definition) is 2. The quantitative estimate of drug-likeness (QED) is 0.815. The van der Waals surface area contributed by atoms with Gasteiger partial charge in [0.15, 0.2) is 6.61 Å². The van der Waals surface area contributed by atoms with E-state index < -0.39 is 16.1 Å². The molecule has 1 fully saturated rings. The predicted molar refractivity (Wildman–Crippen MR) is 90.8 cm³/mol. The van der Waals surface area contributed by atoms with E-state index in [1.807, 2.05) is 0 Å². The third-order valence-corrected chi connectivity index (χ3v) is 5.80. The zero-order valence-corrected chi connectivity index (χ0v) is 14.8. The van der Waals surface area contributed by atoms with Crippen molar-refractivity contribution in [1.82, 2.24) is 9.62 Å². The van der Waals surface area contributed by atoms with Gasteiger partial charge in [0.05, 0.1) is 16.6 Å². The summed E-state index contributed by atoms with van der Waals surface area (Å²) in [5, 5.41) is 2.57.